The predicted octanol–water partition coefficient (Wildman–Crippen LogP) is 4.00. The standard InChI is InChI=1S/C17H21NO.ClH/c1-12-6-7-16(15-5-3-2-4-14(12)15)17(18)13-8-10-19-11-9-13;/h2-7,13,17H,8-11,18H2,1H3;1H/t17-;/m1./s1. The van der Waals surface area contributed by atoms with Crippen molar-refractivity contribution in [2.24, 2.45) is 11.7 Å². The van der Waals surface area contributed by atoms with Gasteiger partial charge in [0.25, 0.3) is 0 Å². The fourth-order valence-corrected chi connectivity index (χ4v) is 3.09. The van der Waals surface area contributed by atoms with Crippen LogP contribution in [0.4, 0.5) is 0 Å². The van der Waals surface area contributed by atoms with E-state index in [4.69, 9.17) is 10.5 Å². The smallest absolute Gasteiger partial charge is 0.0469 e. The zero-order valence-electron chi connectivity index (χ0n) is 11.8. The molecule has 0 aromatic heterocycles. The van der Waals surface area contributed by atoms with Crippen molar-refractivity contribution in [2.75, 3.05) is 13.2 Å². The highest BCUT2D eigenvalue weighted by Gasteiger charge is 2.23. The number of hydrogen-bond acceptors (Lipinski definition) is 2. The van der Waals surface area contributed by atoms with Gasteiger partial charge in [0.1, 0.15) is 0 Å². The molecule has 1 heterocycles. The monoisotopic (exact) mass is 291 g/mol. The summed E-state index contributed by atoms with van der Waals surface area (Å²) in [6.45, 7) is 3.86. The van der Waals surface area contributed by atoms with E-state index < -0.39 is 0 Å². The summed E-state index contributed by atoms with van der Waals surface area (Å²) in [5.74, 6) is 0.542. The molecular formula is C17H22ClNO. The molecule has 1 aliphatic rings. The third-order valence-corrected chi connectivity index (χ3v) is 4.31. The summed E-state index contributed by atoms with van der Waals surface area (Å²) in [5.41, 5.74) is 9.13. The number of hydrogen-bond donors (Lipinski definition) is 1. The molecule has 1 fully saturated rings. The molecule has 1 aliphatic heterocycles. The van der Waals surface area contributed by atoms with Crippen molar-refractivity contribution in [1.82, 2.24) is 0 Å². The van der Waals surface area contributed by atoms with Gasteiger partial charge < -0.3 is 10.5 Å². The van der Waals surface area contributed by atoms with Gasteiger partial charge in [-0.15, -0.1) is 12.4 Å². The van der Waals surface area contributed by atoms with Gasteiger partial charge in [-0.2, -0.15) is 0 Å². The molecule has 1 saturated heterocycles. The number of nitrogens with two attached hydrogens (primary N) is 1. The molecule has 0 saturated carbocycles. The third-order valence-electron chi connectivity index (χ3n) is 4.31. The van der Waals surface area contributed by atoms with E-state index in [-0.39, 0.29) is 18.4 Å². The van der Waals surface area contributed by atoms with Crippen molar-refractivity contribution >= 4 is 23.2 Å². The van der Waals surface area contributed by atoms with Crippen LogP contribution in [0.5, 0.6) is 0 Å². The summed E-state index contributed by atoms with van der Waals surface area (Å²) in [6.07, 6.45) is 2.15. The van der Waals surface area contributed by atoms with Gasteiger partial charge in [0.15, 0.2) is 0 Å². The van der Waals surface area contributed by atoms with Crippen LogP contribution in [0.15, 0.2) is 36.4 Å². The van der Waals surface area contributed by atoms with Crippen LogP contribution in [0.25, 0.3) is 10.8 Å². The van der Waals surface area contributed by atoms with Gasteiger partial charge in [0, 0.05) is 19.3 Å². The van der Waals surface area contributed by atoms with Gasteiger partial charge in [-0.05, 0) is 47.6 Å². The summed E-state index contributed by atoms with van der Waals surface area (Å²) in [6, 6.07) is 13.1. The van der Waals surface area contributed by atoms with E-state index in [1.54, 1.807) is 0 Å². The van der Waals surface area contributed by atoms with Crippen molar-refractivity contribution in [3.63, 3.8) is 0 Å². The van der Waals surface area contributed by atoms with Crippen molar-refractivity contribution in [2.45, 2.75) is 25.8 Å². The maximum Gasteiger partial charge on any atom is 0.0469 e. The minimum atomic E-state index is 0. The first-order valence-electron chi connectivity index (χ1n) is 7.09. The molecule has 2 aromatic carbocycles. The number of ether oxygens (including phenoxy) is 1. The van der Waals surface area contributed by atoms with Crippen molar-refractivity contribution in [3.8, 4) is 0 Å². The molecule has 0 amide bonds. The Bertz CT molecular complexity index is 578. The molecule has 2 N–H and O–H groups in total. The van der Waals surface area contributed by atoms with E-state index in [0.29, 0.717) is 5.92 Å². The number of halogens is 1. The molecular weight excluding hydrogens is 270 g/mol. The summed E-state index contributed by atoms with van der Waals surface area (Å²) >= 11 is 0. The van der Waals surface area contributed by atoms with Gasteiger partial charge in [0.05, 0.1) is 0 Å². The van der Waals surface area contributed by atoms with Gasteiger partial charge in [-0.25, -0.2) is 0 Å². The first-order valence-corrected chi connectivity index (χ1v) is 7.09. The van der Waals surface area contributed by atoms with E-state index in [2.05, 4.69) is 43.3 Å². The second-order valence-electron chi connectivity index (χ2n) is 5.49. The fraction of sp³-hybridized carbons (Fsp3) is 0.412. The Morgan fingerprint density at radius 3 is 2.40 bits per heavy atom. The van der Waals surface area contributed by atoms with E-state index in [1.807, 2.05) is 0 Å². The Hall–Kier alpha value is -1.09. The largest absolute Gasteiger partial charge is 0.381 e. The third kappa shape index (κ3) is 2.83. The van der Waals surface area contributed by atoms with Crippen LogP contribution in [0.1, 0.15) is 30.0 Å². The molecule has 3 heteroatoms. The van der Waals surface area contributed by atoms with Crippen LogP contribution in [0.3, 0.4) is 0 Å². The number of benzene rings is 2. The second kappa shape index (κ2) is 6.57. The molecule has 0 aliphatic carbocycles. The molecule has 20 heavy (non-hydrogen) atoms. The summed E-state index contributed by atoms with van der Waals surface area (Å²) in [4.78, 5) is 0. The zero-order valence-corrected chi connectivity index (χ0v) is 12.7. The van der Waals surface area contributed by atoms with Crippen molar-refractivity contribution in [1.29, 1.82) is 0 Å². The highest BCUT2D eigenvalue weighted by atomic mass is 35.5. The first-order chi connectivity index (χ1) is 9.27. The SMILES string of the molecule is Cc1ccc([C@H](N)C2CCOCC2)c2ccccc12.Cl. The zero-order chi connectivity index (χ0) is 13.2. The maximum atomic E-state index is 6.53. The molecule has 0 radical (unpaired) electrons. The predicted molar refractivity (Wildman–Crippen MR) is 86.4 cm³/mol. The lowest BCUT2D eigenvalue weighted by Crippen LogP contribution is -2.27. The minimum absolute atomic E-state index is 0. The minimum Gasteiger partial charge on any atom is -0.381 e. The first kappa shape index (κ1) is 15.3. The average molecular weight is 292 g/mol. The molecule has 0 bridgehead atoms. The topological polar surface area (TPSA) is 35.2 Å². The Morgan fingerprint density at radius 2 is 1.70 bits per heavy atom. The molecule has 2 nitrogen and oxygen atoms in total. The Balaban J connectivity index is 0.00000147. The van der Waals surface area contributed by atoms with Crippen LogP contribution >= 0.6 is 12.4 Å². The van der Waals surface area contributed by atoms with Gasteiger partial charge in [-0.3, -0.25) is 0 Å². The quantitative estimate of drug-likeness (QED) is 0.908. The highest BCUT2D eigenvalue weighted by molar-refractivity contribution is 5.88. The van der Waals surface area contributed by atoms with Crippen LogP contribution in [0, 0.1) is 12.8 Å². The summed E-state index contributed by atoms with van der Waals surface area (Å²) in [7, 11) is 0. The second-order valence-corrected chi connectivity index (χ2v) is 5.49. The van der Waals surface area contributed by atoms with Crippen molar-refractivity contribution < 1.29 is 4.74 Å². The van der Waals surface area contributed by atoms with Gasteiger partial charge in [0.2, 0.25) is 0 Å². The van der Waals surface area contributed by atoms with Gasteiger partial charge >= 0.3 is 0 Å². The van der Waals surface area contributed by atoms with E-state index in [0.717, 1.165) is 26.1 Å². The summed E-state index contributed by atoms with van der Waals surface area (Å²) < 4.78 is 5.44. The lowest BCUT2D eigenvalue weighted by Gasteiger charge is -2.28. The van der Waals surface area contributed by atoms with Crippen molar-refractivity contribution in [3.05, 3.63) is 47.5 Å². The van der Waals surface area contributed by atoms with E-state index >= 15 is 0 Å². The van der Waals surface area contributed by atoms with Crippen LogP contribution in [0.2, 0.25) is 0 Å². The van der Waals surface area contributed by atoms with E-state index in [1.165, 1.54) is 21.9 Å². The number of rotatable bonds is 2. The fourth-order valence-electron chi connectivity index (χ4n) is 3.09. The Kier molecular flexibility index (Phi) is 5.03. The summed E-state index contributed by atoms with van der Waals surface area (Å²) in [5, 5.41) is 2.63. The molecule has 0 unspecified atom stereocenters. The van der Waals surface area contributed by atoms with Crippen LogP contribution in [-0.4, -0.2) is 13.2 Å². The molecule has 0 spiro atoms. The maximum absolute atomic E-state index is 6.53. The van der Waals surface area contributed by atoms with E-state index in [9.17, 15) is 0 Å². The Labute approximate surface area is 126 Å². The highest BCUT2D eigenvalue weighted by Crippen LogP contribution is 2.33. The average Bonchev–Trinajstić information content (AvgIpc) is 2.48. The Morgan fingerprint density at radius 1 is 1.05 bits per heavy atom. The normalized spacial score (nSPS) is 17.7. The molecule has 1 atom stereocenters. The van der Waals surface area contributed by atoms with Crippen LogP contribution in [-0.2, 0) is 4.74 Å². The lowest BCUT2D eigenvalue weighted by molar-refractivity contribution is 0.0585. The number of fused-ring (bicyclic) bond motifs is 1. The molecule has 3 rings (SSSR count). The molecule has 2 aromatic rings. The number of aryl methyl sites for hydroxylation is 1. The molecule has 108 valence electrons. The lowest BCUT2D eigenvalue weighted by atomic mass is 9.85. The van der Waals surface area contributed by atoms with Crippen LogP contribution < -0.4 is 5.73 Å². The van der Waals surface area contributed by atoms with Gasteiger partial charge in [-0.1, -0.05) is 36.4 Å².